The number of rotatable bonds is 4. The third-order valence-corrected chi connectivity index (χ3v) is 5.81. The molecule has 0 N–H and O–H groups in total. The number of hydrogen-bond acceptors (Lipinski definition) is 5. The number of thiophene rings is 1. The normalized spacial score (nSPS) is 11.2. The highest BCUT2D eigenvalue weighted by Crippen LogP contribution is 2.30. The average molecular weight is 353 g/mol. The predicted molar refractivity (Wildman–Crippen MR) is 99.9 cm³/mol. The summed E-state index contributed by atoms with van der Waals surface area (Å²) in [6, 6.07) is 9.98. The molecule has 24 heavy (non-hydrogen) atoms. The van der Waals surface area contributed by atoms with Crippen molar-refractivity contribution in [2.75, 3.05) is 0 Å². The van der Waals surface area contributed by atoms with E-state index < -0.39 is 0 Å². The smallest absolute Gasteiger partial charge is 0.263 e. The van der Waals surface area contributed by atoms with E-state index in [4.69, 9.17) is 0 Å². The molecule has 4 aromatic rings. The van der Waals surface area contributed by atoms with E-state index in [1.54, 1.807) is 22.2 Å². The van der Waals surface area contributed by atoms with Crippen LogP contribution < -0.4 is 5.56 Å². The fourth-order valence-electron chi connectivity index (χ4n) is 2.67. The predicted octanol–water partition coefficient (Wildman–Crippen LogP) is 4.19. The molecule has 0 spiro atoms. The number of thiazole rings is 1. The molecular weight excluding hydrogens is 338 g/mol. The molecule has 0 atom stereocenters. The van der Waals surface area contributed by atoms with Gasteiger partial charge in [-0.1, -0.05) is 37.3 Å². The molecule has 0 aliphatic carbocycles. The monoisotopic (exact) mass is 353 g/mol. The number of benzene rings is 1. The first kappa shape index (κ1) is 15.2. The highest BCUT2D eigenvalue weighted by molar-refractivity contribution is 7.17. The summed E-state index contributed by atoms with van der Waals surface area (Å²) in [6.07, 6.45) is 2.54. The van der Waals surface area contributed by atoms with Crippen molar-refractivity contribution in [1.29, 1.82) is 0 Å². The van der Waals surface area contributed by atoms with Crippen LogP contribution in [-0.2, 0) is 13.0 Å². The highest BCUT2D eigenvalue weighted by atomic mass is 32.1. The van der Waals surface area contributed by atoms with E-state index in [1.165, 1.54) is 11.3 Å². The highest BCUT2D eigenvalue weighted by Gasteiger charge is 2.13. The van der Waals surface area contributed by atoms with Crippen molar-refractivity contribution in [2.45, 2.75) is 19.9 Å². The Bertz CT molecular complexity index is 1050. The van der Waals surface area contributed by atoms with Gasteiger partial charge in [-0.3, -0.25) is 9.36 Å². The zero-order valence-electron chi connectivity index (χ0n) is 13.1. The maximum atomic E-state index is 13.0. The quantitative estimate of drug-likeness (QED) is 0.553. The van der Waals surface area contributed by atoms with E-state index in [0.29, 0.717) is 11.9 Å². The summed E-state index contributed by atoms with van der Waals surface area (Å²) in [5, 5.41) is 5.81. The van der Waals surface area contributed by atoms with Crippen LogP contribution in [0, 0.1) is 0 Å². The third-order valence-electron chi connectivity index (χ3n) is 3.88. The molecule has 0 aliphatic heterocycles. The van der Waals surface area contributed by atoms with Crippen LogP contribution in [0.1, 0.15) is 17.6 Å². The molecule has 3 aromatic heterocycles. The second-order valence-electron chi connectivity index (χ2n) is 5.46. The van der Waals surface area contributed by atoms with Gasteiger partial charge in [0.1, 0.15) is 4.83 Å². The molecule has 3 heterocycles. The fraction of sp³-hybridized carbons (Fsp3) is 0.167. The first-order valence-electron chi connectivity index (χ1n) is 7.71. The van der Waals surface area contributed by atoms with E-state index in [2.05, 4.69) is 16.9 Å². The Morgan fingerprint density at radius 1 is 1.12 bits per heavy atom. The Labute approximate surface area is 147 Å². The van der Waals surface area contributed by atoms with Crippen molar-refractivity contribution in [3.8, 4) is 11.1 Å². The van der Waals surface area contributed by atoms with Crippen molar-refractivity contribution in [2.24, 2.45) is 0 Å². The molecule has 6 heteroatoms. The molecule has 4 nitrogen and oxygen atoms in total. The molecular formula is C18H15N3OS2. The number of hydrogen-bond donors (Lipinski definition) is 0. The van der Waals surface area contributed by atoms with Gasteiger partial charge in [0.2, 0.25) is 0 Å². The minimum Gasteiger partial charge on any atom is -0.293 e. The summed E-state index contributed by atoms with van der Waals surface area (Å²) in [5.74, 6) is 0. The Hall–Kier alpha value is -2.31. The number of nitrogens with zero attached hydrogens (tertiary/aromatic N) is 3. The largest absolute Gasteiger partial charge is 0.293 e. The number of aryl methyl sites for hydroxylation is 1. The maximum absolute atomic E-state index is 13.0. The van der Waals surface area contributed by atoms with E-state index in [0.717, 1.165) is 33.1 Å². The van der Waals surface area contributed by atoms with Crippen LogP contribution in [0.25, 0.3) is 21.3 Å². The average Bonchev–Trinajstić information content (AvgIpc) is 3.25. The van der Waals surface area contributed by atoms with Crippen LogP contribution >= 0.6 is 22.7 Å². The van der Waals surface area contributed by atoms with Crippen LogP contribution in [-0.4, -0.2) is 14.5 Å². The minimum absolute atomic E-state index is 0.00819. The van der Waals surface area contributed by atoms with Crippen LogP contribution in [0.15, 0.2) is 52.2 Å². The molecule has 0 bridgehead atoms. The van der Waals surface area contributed by atoms with Gasteiger partial charge in [0.05, 0.1) is 29.0 Å². The van der Waals surface area contributed by atoms with E-state index in [-0.39, 0.29) is 5.56 Å². The second kappa shape index (κ2) is 6.30. The number of aromatic nitrogens is 3. The zero-order chi connectivity index (χ0) is 16.5. The molecule has 0 saturated heterocycles. The molecule has 0 fully saturated rings. The molecule has 0 unspecified atom stereocenters. The molecule has 0 aliphatic rings. The summed E-state index contributed by atoms with van der Waals surface area (Å²) in [6.45, 7) is 2.54. The van der Waals surface area contributed by atoms with Crippen molar-refractivity contribution in [3.05, 3.63) is 68.5 Å². The first-order valence-corrected chi connectivity index (χ1v) is 9.47. The number of fused-ring (bicyclic) bond motifs is 1. The molecule has 0 amide bonds. The van der Waals surface area contributed by atoms with Gasteiger partial charge in [0.15, 0.2) is 0 Å². The lowest BCUT2D eigenvalue weighted by Gasteiger charge is -2.04. The van der Waals surface area contributed by atoms with Crippen molar-refractivity contribution in [3.63, 3.8) is 0 Å². The topological polar surface area (TPSA) is 47.8 Å². The Morgan fingerprint density at radius 2 is 1.96 bits per heavy atom. The van der Waals surface area contributed by atoms with Crippen molar-refractivity contribution >= 4 is 32.9 Å². The lowest BCUT2D eigenvalue weighted by atomic mass is 10.1. The van der Waals surface area contributed by atoms with Gasteiger partial charge in [-0.25, -0.2) is 9.97 Å². The van der Waals surface area contributed by atoms with Crippen LogP contribution in [0.2, 0.25) is 0 Å². The van der Waals surface area contributed by atoms with Gasteiger partial charge in [-0.05, 0) is 12.0 Å². The summed E-state index contributed by atoms with van der Waals surface area (Å²) in [4.78, 5) is 22.8. The Kier molecular flexibility index (Phi) is 4.00. The minimum atomic E-state index is -0.00819. The molecule has 0 radical (unpaired) electrons. The van der Waals surface area contributed by atoms with Gasteiger partial charge in [-0.15, -0.1) is 22.7 Å². The van der Waals surface area contributed by atoms with Gasteiger partial charge >= 0.3 is 0 Å². The van der Waals surface area contributed by atoms with Crippen LogP contribution in [0.5, 0.6) is 0 Å². The molecule has 1 aromatic carbocycles. The summed E-state index contributed by atoms with van der Waals surface area (Å²) < 4.78 is 1.65. The van der Waals surface area contributed by atoms with E-state index in [9.17, 15) is 4.79 Å². The Balaban J connectivity index is 1.81. The lowest BCUT2D eigenvalue weighted by Crippen LogP contribution is -2.21. The first-order chi connectivity index (χ1) is 11.8. The van der Waals surface area contributed by atoms with Crippen LogP contribution in [0.4, 0.5) is 0 Å². The van der Waals surface area contributed by atoms with Crippen molar-refractivity contribution < 1.29 is 0 Å². The summed E-state index contributed by atoms with van der Waals surface area (Å²) in [7, 11) is 0. The summed E-state index contributed by atoms with van der Waals surface area (Å²) >= 11 is 3.14. The molecule has 0 saturated carbocycles. The van der Waals surface area contributed by atoms with E-state index in [1.807, 2.05) is 41.1 Å². The van der Waals surface area contributed by atoms with Gasteiger partial charge in [0.25, 0.3) is 5.56 Å². The fourth-order valence-corrected chi connectivity index (χ4v) is 4.31. The molecule has 4 rings (SSSR count). The standard InChI is InChI=1S/C18H15N3OS2/c1-2-15-20-13(9-23-15)8-21-11-19-17-16(18(21)22)14(10-24-17)12-6-4-3-5-7-12/h3-7,9-11H,2,8H2,1H3. The zero-order valence-corrected chi connectivity index (χ0v) is 14.7. The SMILES string of the molecule is CCc1nc(Cn2cnc3scc(-c4ccccc4)c3c2=O)cs1. The van der Waals surface area contributed by atoms with Gasteiger partial charge in [0, 0.05) is 16.3 Å². The van der Waals surface area contributed by atoms with Gasteiger partial charge in [-0.2, -0.15) is 0 Å². The second-order valence-corrected chi connectivity index (χ2v) is 7.26. The lowest BCUT2D eigenvalue weighted by molar-refractivity contribution is 0.732. The van der Waals surface area contributed by atoms with Gasteiger partial charge < -0.3 is 0 Å². The van der Waals surface area contributed by atoms with E-state index >= 15 is 0 Å². The molecule has 120 valence electrons. The van der Waals surface area contributed by atoms with Crippen molar-refractivity contribution in [1.82, 2.24) is 14.5 Å². The summed E-state index contributed by atoms with van der Waals surface area (Å²) in [5.41, 5.74) is 2.90. The third kappa shape index (κ3) is 2.68. The van der Waals surface area contributed by atoms with Crippen LogP contribution in [0.3, 0.4) is 0 Å². The maximum Gasteiger partial charge on any atom is 0.263 e. The Morgan fingerprint density at radius 3 is 2.71 bits per heavy atom.